The van der Waals surface area contributed by atoms with Gasteiger partial charge in [-0.25, -0.2) is 9.97 Å². The Morgan fingerprint density at radius 3 is 3.06 bits per heavy atom. The third kappa shape index (κ3) is 1.15. The smallest absolute Gasteiger partial charge is 0.166 e. The largest absolute Gasteiger partial charge is 0.322 e. The molecule has 3 aromatic heterocycles. The fourth-order valence-corrected chi connectivity index (χ4v) is 1.82. The summed E-state index contributed by atoms with van der Waals surface area (Å²) in [4.78, 5) is 8.82. The summed E-state index contributed by atoms with van der Waals surface area (Å²) >= 11 is 0. The molecule has 3 rings (SSSR count). The van der Waals surface area contributed by atoms with E-state index in [2.05, 4.69) is 15.4 Å². The molecule has 0 aromatic carbocycles. The van der Waals surface area contributed by atoms with Crippen LogP contribution in [0.1, 0.15) is 5.56 Å². The molecule has 0 radical (unpaired) electrons. The van der Waals surface area contributed by atoms with Crippen LogP contribution in [-0.2, 0) is 0 Å². The number of nitrogens with one attached hydrogen (secondary N) is 1. The molecule has 0 atom stereocenters. The van der Waals surface area contributed by atoms with Crippen LogP contribution in [0, 0.1) is 6.92 Å². The van der Waals surface area contributed by atoms with Gasteiger partial charge in [0.25, 0.3) is 0 Å². The van der Waals surface area contributed by atoms with Gasteiger partial charge in [-0.05, 0) is 30.7 Å². The topological polar surface area (TPSA) is 68.2 Å². The van der Waals surface area contributed by atoms with Crippen molar-refractivity contribution in [2.45, 2.75) is 6.92 Å². The molecule has 0 aliphatic rings. The molecule has 3 heterocycles. The minimum Gasteiger partial charge on any atom is -0.322 e. The molecule has 5 nitrogen and oxygen atoms in total. The van der Waals surface area contributed by atoms with E-state index < -0.39 is 0 Å². The molecule has 3 N–H and O–H groups in total. The maximum absolute atomic E-state index is 5.44. The van der Waals surface area contributed by atoms with Crippen LogP contribution in [-0.4, -0.2) is 14.4 Å². The Hall–Kier alpha value is -2.14. The Morgan fingerprint density at radius 1 is 1.38 bits per heavy atom. The van der Waals surface area contributed by atoms with E-state index in [1.54, 1.807) is 6.20 Å². The van der Waals surface area contributed by atoms with Crippen LogP contribution < -0.4 is 11.3 Å². The Labute approximate surface area is 91.9 Å². The molecule has 0 saturated carbocycles. The zero-order valence-corrected chi connectivity index (χ0v) is 8.81. The van der Waals surface area contributed by atoms with Gasteiger partial charge >= 0.3 is 0 Å². The van der Waals surface area contributed by atoms with E-state index in [9.17, 15) is 0 Å². The normalized spacial score (nSPS) is 11.1. The average Bonchev–Trinajstić information content (AvgIpc) is 2.65. The average molecular weight is 213 g/mol. The first-order chi connectivity index (χ1) is 7.79. The van der Waals surface area contributed by atoms with Gasteiger partial charge in [-0.15, -0.1) is 0 Å². The van der Waals surface area contributed by atoms with E-state index >= 15 is 0 Å². The van der Waals surface area contributed by atoms with Gasteiger partial charge in [0.15, 0.2) is 5.65 Å². The van der Waals surface area contributed by atoms with Crippen molar-refractivity contribution in [2.24, 2.45) is 5.84 Å². The zero-order valence-electron chi connectivity index (χ0n) is 8.81. The minimum absolute atomic E-state index is 0.784. The van der Waals surface area contributed by atoms with E-state index in [0.717, 1.165) is 22.5 Å². The molecule has 0 bridgehead atoms. The van der Waals surface area contributed by atoms with Crippen molar-refractivity contribution < 1.29 is 0 Å². The number of fused-ring (bicyclic) bond motifs is 3. The molecule has 16 heavy (non-hydrogen) atoms. The Bertz CT molecular complexity index is 670. The van der Waals surface area contributed by atoms with Gasteiger partial charge < -0.3 is 5.43 Å². The predicted molar refractivity (Wildman–Crippen MR) is 63.0 cm³/mol. The first-order valence-electron chi connectivity index (χ1n) is 4.99. The SMILES string of the molecule is Cc1ccn2c(c1)nc1c(NN)ccnc12. The summed E-state index contributed by atoms with van der Waals surface area (Å²) in [6, 6.07) is 5.85. The van der Waals surface area contributed by atoms with E-state index in [1.807, 2.05) is 35.7 Å². The molecule has 0 saturated heterocycles. The van der Waals surface area contributed by atoms with Crippen LogP contribution >= 0.6 is 0 Å². The molecule has 80 valence electrons. The molecule has 0 aliphatic heterocycles. The van der Waals surface area contributed by atoms with Crippen LogP contribution in [0.4, 0.5) is 5.69 Å². The molecule has 0 spiro atoms. The highest BCUT2D eigenvalue weighted by Crippen LogP contribution is 2.21. The monoisotopic (exact) mass is 213 g/mol. The van der Waals surface area contributed by atoms with Gasteiger partial charge in [-0.1, -0.05) is 0 Å². The number of aromatic nitrogens is 3. The second-order valence-corrected chi connectivity index (χ2v) is 3.72. The van der Waals surface area contributed by atoms with Gasteiger partial charge in [-0.3, -0.25) is 10.2 Å². The minimum atomic E-state index is 0.784. The fourth-order valence-electron chi connectivity index (χ4n) is 1.82. The maximum atomic E-state index is 5.44. The number of anilines is 1. The first-order valence-corrected chi connectivity index (χ1v) is 4.99. The molecule has 0 amide bonds. The Balaban J connectivity index is 2.49. The number of pyridine rings is 2. The third-order valence-electron chi connectivity index (χ3n) is 2.61. The zero-order chi connectivity index (χ0) is 11.1. The highest BCUT2D eigenvalue weighted by atomic mass is 15.2. The lowest BCUT2D eigenvalue weighted by atomic mass is 10.3. The lowest BCUT2D eigenvalue weighted by Crippen LogP contribution is -2.07. The fraction of sp³-hybridized carbons (Fsp3) is 0.0909. The van der Waals surface area contributed by atoms with Crippen LogP contribution in [0.25, 0.3) is 16.8 Å². The number of nitrogens with zero attached hydrogens (tertiary/aromatic N) is 3. The van der Waals surface area contributed by atoms with E-state index in [-0.39, 0.29) is 0 Å². The molecule has 5 heteroatoms. The highest BCUT2D eigenvalue weighted by molar-refractivity contribution is 5.88. The number of hydrogen-bond acceptors (Lipinski definition) is 4. The van der Waals surface area contributed by atoms with Crippen molar-refractivity contribution in [1.82, 2.24) is 14.4 Å². The molecule has 3 aromatic rings. The second-order valence-electron chi connectivity index (χ2n) is 3.72. The van der Waals surface area contributed by atoms with Gasteiger partial charge in [0.1, 0.15) is 11.2 Å². The number of hydrazine groups is 1. The molecular weight excluding hydrogens is 202 g/mol. The van der Waals surface area contributed by atoms with Crippen LogP contribution in [0.2, 0.25) is 0 Å². The summed E-state index contributed by atoms with van der Waals surface area (Å²) in [7, 11) is 0. The summed E-state index contributed by atoms with van der Waals surface area (Å²) < 4.78 is 1.95. The van der Waals surface area contributed by atoms with Crippen LogP contribution in [0.5, 0.6) is 0 Å². The number of rotatable bonds is 1. The van der Waals surface area contributed by atoms with Crippen molar-refractivity contribution >= 4 is 22.5 Å². The number of nitrogen functional groups attached to an aromatic ring is 1. The van der Waals surface area contributed by atoms with Crippen molar-refractivity contribution in [3.05, 3.63) is 36.2 Å². The summed E-state index contributed by atoms with van der Waals surface area (Å²) in [6.45, 7) is 2.04. The van der Waals surface area contributed by atoms with Crippen molar-refractivity contribution in [2.75, 3.05) is 5.43 Å². The molecule has 0 aliphatic carbocycles. The summed E-state index contributed by atoms with van der Waals surface area (Å²) in [6.07, 6.45) is 3.68. The third-order valence-corrected chi connectivity index (χ3v) is 2.61. The van der Waals surface area contributed by atoms with E-state index in [0.29, 0.717) is 0 Å². The van der Waals surface area contributed by atoms with Crippen molar-refractivity contribution in [3.63, 3.8) is 0 Å². The van der Waals surface area contributed by atoms with Gasteiger partial charge in [0, 0.05) is 12.4 Å². The summed E-state index contributed by atoms with van der Waals surface area (Å²) in [5, 5.41) is 0. The van der Waals surface area contributed by atoms with Crippen LogP contribution in [0.15, 0.2) is 30.6 Å². The Kier molecular flexibility index (Phi) is 1.81. The number of aryl methyl sites for hydroxylation is 1. The van der Waals surface area contributed by atoms with Gasteiger partial charge in [0.2, 0.25) is 0 Å². The maximum Gasteiger partial charge on any atom is 0.166 e. The van der Waals surface area contributed by atoms with Crippen molar-refractivity contribution in [1.29, 1.82) is 0 Å². The van der Waals surface area contributed by atoms with Crippen molar-refractivity contribution in [3.8, 4) is 0 Å². The van der Waals surface area contributed by atoms with Crippen LogP contribution in [0.3, 0.4) is 0 Å². The lowest BCUT2D eigenvalue weighted by molar-refractivity contribution is 1.17. The predicted octanol–water partition coefficient (Wildman–Crippen LogP) is 1.48. The Morgan fingerprint density at radius 2 is 2.25 bits per heavy atom. The summed E-state index contributed by atoms with van der Waals surface area (Å²) in [5.41, 5.74) is 7.06. The van der Waals surface area contributed by atoms with E-state index in [4.69, 9.17) is 5.84 Å². The molecule has 0 unspecified atom stereocenters. The number of nitrogens with two attached hydrogens (primary N) is 1. The lowest BCUT2D eigenvalue weighted by Gasteiger charge is -1.98. The standard InChI is InChI=1S/C11H11N5/c1-7-3-5-16-9(6-7)14-10-8(15-12)2-4-13-11(10)16/h2-6H,12H2,1H3,(H,13,15). The first kappa shape index (κ1) is 9.11. The molecular formula is C11H11N5. The van der Waals surface area contributed by atoms with Gasteiger partial charge in [-0.2, -0.15) is 0 Å². The number of imidazole rings is 1. The van der Waals surface area contributed by atoms with Gasteiger partial charge in [0.05, 0.1) is 5.69 Å². The number of hydrogen-bond donors (Lipinski definition) is 2. The second kappa shape index (κ2) is 3.18. The quantitative estimate of drug-likeness (QED) is 0.474. The highest BCUT2D eigenvalue weighted by Gasteiger charge is 2.08. The van der Waals surface area contributed by atoms with E-state index in [1.165, 1.54) is 5.56 Å². The summed E-state index contributed by atoms with van der Waals surface area (Å²) in [5.74, 6) is 5.44. The molecule has 0 fully saturated rings.